The number of benzene rings is 1. The van der Waals surface area contributed by atoms with Crippen molar-refractivity contribution >= 4 is 5.78 Å². The standard InChI is InChI=1S/C20H22F3N5/c1-13-8-18(28-19(26-13)24-12-25-28)15-4-3-7-27(11-15)10-14-5-6-16(9-17(14)21)20(2,22)23/h5-6,8-9,12,15H,3-4,7,10-11H2,1-2H3. The first-order valence-electron chi connectivity index (χ1n) is 9.37. The fourth-order valence-corrected chi connectivity index (χ4v) is 3.88. The van der Waals surface area contributed by atoms with E-state index in [4.69, 9.17) is 0 Å². The molecule has 1 saturated heterocycles. The summed E-state index contributed by atoms with van der Waals surface area (Å²) in [6.45, 7) is 4.68. The van der Waals surface area contributed by atoms with Crippen molar-refractivity contribution in [2.45, 2.75) is 45.1 Å². The zero-order valence-electron chi connectivity index (χ0n) is 15.9. The van der Waals surface area contributed by atoms with Crippen LogP contribution in [0.2, 0.25) is 0 Å². The van der Waals surface area contributed by atoms with Gasteiger partial charge in [-0.1, -0.05) is 12.1 Å². The molecule has 1 aliphatic heterocycles. The Morgan fingerprint density at radius 2 is 2.07 bits per heavy atom. The molecule has 3 heterocycles. The first-order chi connectivity index (χ1) is 13.3. The van der Waals surface area contributed by atoms with Crippen LogP contribution in [0.5, 0.6) is 0 Å². The van der Waals surface area contributed by atoms with Gasteiger partial charge < -0.3 is 0 Å². The smallest absolute Gasteiger partial charge is 0.270 e. The number of piperidine rings is 1. The first-order valence-corrected chi connectivity index (χ1v) is 9.37. The Morgan fingerprint density at radius 1 is 1.25 bits per heavy atom. The zero-order chi connectivity index (χ0) is 19.9. The second kappa shape index (κ2) is 7.16. The first kappa shape index (κ1) is 18.9. The van der Waals surface area contributed by atoms with Gasteiger partial charge in [-0.05, 0) is 38.4 Å². The highest BCUT2D eigenvalue weighted by Crippen LogP contribution is 2.30. The summed E-state index contributed by atoms with van der Waals surface area (Å²) in [5.41, 5.74) is 2.07. The molecule has 0 radical (unpaired) electrons. The topological polar surface area (TPSA) is 46.3 Å². The lowest BCUT2D eigenvalue weighted by atomic mass is 9.93. The van der Waals surface area contributed by atoms with Gasteiger partial charge in [0.15, 0.2) is 0 Å². The molecule has 2 aromatic heterocycles. The highest BCUT2D eigenvalue weighted by Gasteiger charge is 2.27. The SMILES string of the molecule is Cc1cc(C2CCCN(Cc3ccc(C(C)(F)F)cc3F)C2)n2ncnc2n1. The molecule has 1 unspecified atom stereocenters. The normalized spacial score (nSPS) is 18.7. The number of alkyl halides is 2. The van der Waals surface area contributed by atoms with Gasteiger partial charge in [0.05, 0.1) is 5.69 Å². The largest absolute Gasteiger partial charge is 0.298 e. The molecule has 1 atom stereocenters. The van der Waals surface area contributed by atoms with Gasteiger partial charge in [-0.2, -0.15) is 10.1 Å². The Morgan fingerprint density at radius 3 is 2.82 bits per heavy atom. The molecule has 3 aromatic rings. The summed E-state index contributed by atoms with van der Waals surface area (Å²) in [7, 11) is 0. The Hall–Kier alpha value is -2.48. The molecule has 8 heteroatoms. The number of likely N-dealkylation sites (tertiary alicyclic amines) is 1. The van der Waals surface area contributed by atoms with Crippen molar-refractivity contribution in [2.24, 2.45) is 0 Å². The number of hydrogen-bond acceptors (Lipinski definition) is 4. The Labute approximate surface area is 161 Å². The molecule has 0 spiro atoms. The average molecular weight is 389 g/mol. The molecule has 4 rings (SSSR count). The van der Waals surface area contributed by atoms with Gasteiger partial charge in [0.2, 0.25) is 0 Å². The van der Waals surface area contributed by atoms with Crippen LogP contribution in [0.3, 0.4) is 0 Å². The second-order valence-corrected chi connectivity index (χ2v) is 7.56. The lowest BCUT2D eigenvalue weighted by molar-refractivity contribution is 0.0171. The van der Waals surface area contributed by atoms with E-state index in [-0.39, 0.29) is 11.5 Å². The lowest BCUT2D eigenvalue weighted by Crippen LogP contribution is -2.35. The second-order valence-electron chi connectivity index (χ2n) is 7.56. The van der Waals surface area contributed by atoms with E-state index in [1.165, 1.54) is 18.5 Å². The number of aryl methyl sites for hydroxylation is 1. The van der Waals surface area contributed by atoms with Crippen molar-refractivity contribution in [3.8, 4) is 0 Å². The molecule has 0 saturated carbocycles. The van der Waals surface area contributed by atoms with Gasteiger partial charge in [-0.15, -0.1) is 0 Å². The van der Waals surface area contributed by atoms with E-state index >= 15 is 0 Å². The summed E-state index contributed by atoms with van der Waals surface area (Å²) >= 11 is 0. The summed E-state index contributed by atoms with van der Waals surface area (Å²) in [5, 5.41) is 4.28. The van der Waals surface area contributed by atoms with Crippen LogP contribution in [-0.4, -0.2) is 37.6 Å². The number of halogens is 3. The molecule has 1 fully saturated rings. The fourth-order valence-electron chi connectivity index (χ4n) is 3.88. The Balaban J connectivity index is 1.54. The molecule has 0 aliphatic carbocycles. The number of rotatable bonds is 4. The van der Waals surface area contributed by atoms with Crippen LogP contribution < -0.4 is 0 Å². The van der Waals surface area contributed by atoms with E-state index in [0.29, 0.717) is 17.9 Å². The average Bonchev–Trinajstić information content (AvgIpc) is 3.10. The van der Waals surface area contributed by atoms with Crippen molar-refractivity contribution in [3.05, 3.63) is 58.9 Å². The van der Waals surface area contributed by atoms with E-state index in [1.54, 1.807) is 4.52 Å². The highest BCUT2D eigenvalue weighted by molar-refractivity contribution is 5.32. The van der Waals surface area contributed by atoms with Gasteiger partial charge in [-0.25, -0.2) is 22.7 Å². The molecular formula is C20H22F3N5. The molecule has 148 valence electrons. The van der Waals surface area contributed by atoms with Crippen LogP contribution in [0.4, 0.5) is 13.2 Å². The highest BCUT2D eigenvalue weighted by atomic mass is 19.3. The van der Waals surface area contributed by atoms with Gasteiger partial charge in [0, 0.05) is 42.8 Å². The molecule has 0 amide bonds. The molecule has 28 heavy (non-hydrogen) atoms. The molecule has 1 aromatic carbocycles. The van der Waals surface area contributed by atoms with Crippen molar-refractivity contribution in [1.29, 1.82) is 0 Å². The summed E-state index contributed by atoms with van der Waals surface area (Å²) in [4.78, 5) is 10.7. The van der Waals surface area contributed by atoms with Crippen molar-refractivity contribution in [1.82, 2.24) is 24.5 Å². The number of aromatic nitrogens is 4. The molecule has 5 nitrogen and oxygen atoms in total. The lowest BCUT2D eigenvalue weighted by Gasteiger charge is -2.33. The predicted octanol–water partition coefficient (Wildman–Crippen LogP) is 4.06. The van der Waals surface area contributed by atoms with Crippen LogP contribution in [-0.2, 0) is 12.5 Å². The summed E-state index contributed by atoms with van der Waals surface area (Å²) < 4.78 is 43.0. The van der Waals surface area contributed by atoms with Crippen molar-refractivity contribution in [2.75, 3.05) is 13.1 Å². The van der Waals surface area contributed by atoms with Crippen LogP contribution in [0, 0.1) is 12.7 Å². The number of nitrogens with zero attached hydrogens (tertiary/aromatic N) is 5. The fraction of sp³-hybridized carbons (Fsp3) is 0.450. The quantitative estimate of drug-likeness (QED) is 0.675. The Kier molecular flexibility index (Phi) is 4.82. The molecule has 0 N–H and O–H groups in total. The minimum Gasteiger partial charge on any atom is -0.298 e. The van der Waals surface area contributed by atoms with Crippen LogP contribution in [0.15, 0.2) is 30.6 Å². The van der Waals surface area contributed by atoms with Gasteiger partial charge in [0.25, 0.3) is 11.7 Å². The van der Waals surface area contributed by atoms with Crippen molar-refractivity contribution in [3.63, 3.8) is 0 Å². The van der Waals surface area contributed by atoms with Gasteiger partial charge in [-0.3, -0.25) is 4.90 Å². The zero-order valence-corrected chi connectivity index (χ0v) is 15.9. The van der Waals surface area contributed by atoms with Crippen LogP contribution in [0.1, 0.15) is 48.2 Å². The van der Waals surface area contributed by atoms with Crippen LogP contribution >= 0.6 is 0 Å². The van der Waals surface area contributed by atoms with E-state index in [9.17, 15) is 13.2 Å². The molecule has 1 aliphatic rings. The number of hydrogen-bond donors (Lipinski definition) is 0. The maximum Gasteiger partial charge on any atom is 0.270 e. The predicted molar refractivity (Wildman–Crippen MR) is 98.7 cm³/mol. The Bertz CT molecular complexity index is 995. The number of fused-ring (bicyclic) bond motifs is 1. The summed E-state index contributed by atoms with van der Waals surface area (Å²) in [6.07, 6.45) is 3.46. The third-order valence-electron chi connectivity index (χ3n) is 5.29. The van der Waals surface area contributed by atoms with E-state index in [0.717, 1.165) is 50.3 Å². The third kappa shape index (κ3) is 3.73. The van der Waals surface area contributed by atoms with E-state index in [2.05, 4.69) is 20.0 Å². The van der Waals surface area contributed by atoms with Crippen LogP contribution in [0.25, 0.3) is 5.78 Å². The maximum absolute atomic E-state index is 14.4. The minimum atomic E-state index is -3.04. The van der Waals surface area contributed by atoms with E-state index in [1.807, 2.05) is 13.0 Å². The third-order valence-corrected chi connectivity index (χ3v) is 5.29. The summed E-state index contributed by atoms with van der Waals surface area (Å²) in [6, 6.07) is 5.75. The van der Waals surface area contributed by atoms with Crippen molar-refractivity contribution < 1.29 is 13.2 Å². The minimum absolute atomic E-state index is 0.224. The maximum atomic E-state index is 14.4. The monoisotopic (exact) mass is 389 g/mol. The van der Waals surface area contributed by atoms with Gasteiger partial charge >= 0.3 is 0 Å². The van der Waals surface area contributed by atoms with Gasteiger partial charge in [0.1, 0.15) is 12.1 Å². The van der Waals surface area contributed by atoms with E-state index < -0.39 is 11.7 Å². The molecular weight excluding hydrogens is 367 g/mol. The summed E-state index contributed by atoms with van der Waals surface area (Å²) in [5.74, 6) is -2.83. The molecule has 0 bridgehead atoms.